The standard InChI is InChI=1S/C63H39FN6/c64-53-26-12-7-21-45(53)42-31-34-52(63-66-61(40-17-3-1-4-18-40)65-62(67-63)41-19-5-2-6-20-41)58(37-42)70-59-38-43(68-54-27-13-8-22-46(54)47-23-9-14-28-55(47)68)32-35-50(59)51-36-33-44(39-60(51)70)69-56-29-15-10-24-48(56)49-25-11-16-30-57(49)69/h1-39H. The van der Waals surface area contributed by atoms with Crippen molar-refractivity contribution in [2.45, 2.75) is 0 Å². The molecule has 0 aliphatic heterocycles. The number of rotatable bonds is 7. The van der Waals surface area contributed by atoms with E-state index in [1.807, 2.05) is 84.9 Å². The van der Waals surface area contributed by atoms with Gasteiger partial charge in [-0.15, -0.1) is 0 Å². The highest BCUT2D eigenvalue weighted by Crippen LogP contribution is 2.42. The average molecular weight is 899 g/mol. The molecule has 0 aliphatic rings. The van der Waals surface area contributed by atoms with E-state index >= 15 is 4.39 Å². The van der Waals surface area contributed by atoms with Crippen LogP contribution in [-0.4, -0.2) is 28.7 Å². The summed E-state index contributed by atoms with van der Waals surface area (Å²) < 4.78 is 23.1. The monoisotopic (exact) mass is 898 g/mol. The molecule has 0 amide bonds. The van der Waals surface area contributed by atoms with E-state index in [4.69, 9.17) is 15.0 Å². The van der Waals surface area contributed by atoms with Crippen LogP contribution < -0.4 is 0 Å². The molecule has 0 N–H and O–H groups in total. The number of para-hydroxylation sites is 4. The lowest BCUT2D eigenvalue weighted by Crippen LogP contribution is -2.04. The Bertz CT molecular complexity index is 4040. The van der Waals surface area contributed by atoms with Gasteiger partial charge in [0.1, 0.15) is 5.82 Å². The summed E-state index contributed by atoms with van der Waals surface area (Å²) >= 11 is 0. The van der Waals surface area contributed by atoms with E-state index in [1.54, 1.807) is 6.07 Å². The Kier molecular flexibility index (Phi) is 8.97. The second-order valence-corrected chi connectivity index (χ2v) is 17.7. The molecule has 0 aliphatic carbocycles. The van der Waals surface area contributed by atoms with E-state index in [1.165, 1.54) is 27.6 Å². The van der Waals surface area contributed by atoms with E-state index in [2.05, 4.69) is 153 Å². The molecule has 14 rings (SSSR count). The zero-order chi connectivity index (χ0) is 46.3. The maximum atomic E-state index is 16.0. The Morgan fingerprint density at radius 1 is 0.271 bits per heavy atom. The molecule has 0 atom stereocenters. The molecule has 0 bridgehead atoms. The predicted molar refractivity (Wildman–Crippen MR) is 285 cm³/mol. The van der Waals surface area contributed by atoms with Crippen LogP contribution in [0.4, 0.5) is 4.39 Å². The van der Waals surface area contributed by atoms with Crippen molar-refractivity contribution >= 4 is 65.4 Å². The fourth-order valence-electron chi connectivity index (χ4n) is 10.6. The van der Waals surface area contributed by atoms with Gasteiger partial charge in [0.2, 0.25) is 0 Å². The highest BCUT2D eigenvalue weighted by Gasteiger charge is 2.23. The van der Waals surface area contributed by atoms with Crippen molar-refractivity contribution < 1.29 is 4.39 Å². The van der Waals surface area contributed by atoms with Crippen LogP contribution in [0, 0.1) is 5.82 Å². The first-order valence-corrected chi connectivity index (χ1v) is 23.5. The third-order valence-electron chi connectivity index (χ3n) is 13.8. The smallest absolute Gasteiger partial charge is 0.166 e. The van der Waals surface area contributed by atoms with Crippen LogP contribution >= 0.6 is 0 Å². The number of aromatic nitrogens is 6. The summed E-state index contributed by atoms with van der Waals surface area (Å²) in [6.45, 7) is 0. The molecule has 0 spiro atoms. The zero-order valence-corrected chi connectivity index (χ0v) is 37.6. The van der Waals surface area contributed by atoms with E-state index < -0.39 is 0 Å². The first kappa shape index (κ1) is 39.7. The fourth-order valence-corrected chi connectivity index (χ4v) is 10.6. The first-order chi connectivity index (χ1) is 34.6. The molecular weight excluding hydrogens is 860 g/mol. The lowest BCUT2D eigenvalue weighted by molar-refractivity contribution is 0.631. The minimum atomic E-state index is -0.302. The van der Waals surface area contributed by atoms with Crippen molar-refractivity contribution in [2.75, 3.05) is 0 Å². The first-order valence-electron chi connectivity index (χ1n) is 23.5. The van der Waals surface area contributed by atoms with Crippen LogP contribution in [0.1, 0.15) is 0 Å². The quantitative estimate of drug-likeness (QED) is 0.160. The Morgan fingerprint density at radius 3 is 1.14 bits per heavy atom. The van der Waals surface area contributed by atoms with Crippen molar-refractivity contribution in [2.24, 2.45) is 0 Å². The zero-order valence-electron chi connectivity index (χ0n) is 37.6. The predicted octanol–water partition coefficient (Wildman–Crippen LogP) is 16.0. The Hall–Kier alpha value is -9.46. The van der Waals surface area contributed by atoms with Crippen LogP contribution in [0.3, 0.4) is 0 Å². The molecule has 328 valence electrons. The highest BCUT2D eigenvalue weighted by molar-refractivity contribution is 6.14. The number of hydrogen-bond acceptors (Lipinski definition) is 3. The summed E-state index contributed by atoms with van der Waals surface area (Å²) in [7, 11) is 0. The topological polar surface area (TPSA) is 53.5 Å². The number of nitrogens with zero attached hydrogens (tertiary/aromatic N) is 6. The second-order valence-electron chi connectivity index (χ2n) is 17.7. The molecular formula is C63H39FN6. The maximum Gasteiger partial charge on any atom is 0.166 e. The Morgan fingerprint density at radius 2 is 0.671 bits per heavy atom. The summed E-state index contributed by atoms with van der Waals surface area (Å²) in [5, 5.41) is 6.89. The summed E-state index contributed by atoms with van der Waals surface area (Å²) in [5.74, 6) is 1.30. The average Bonchev–Trinajstić information content (AvgIpc) is 4.06. The van der Waals surface area contributed by atoms with Crippen molar-refractivity contribution in [3.8, 4) is 62.4 Å². The maximum absolute atomic E-state index is 16.0. The van der Waals surface area contributed by atoms with E-state index in [-0.39, 0.29) is 5.82 Å². The minimum absolute atomic E-state index is 0.302. The van der Waals surface area contributed by atoms with Gasteiger partial charge >= 0.3 is 0 Å². The molecule has 0 saturated heterocycles. The normalized spacial score (nSPS) is 11.8. The van der Waals surface area contributed by atoms with Gasteiger partial charge < -0.3 is 13.7 Å². The fraction of sp³-hybridized carbons (Fsp3) is 0. The molecule has 4 aromatic heterocycles. The highest BCUT2D eigenvalue weighted by atomic mass is 19.1. The Balaban J connectivity index is 1.12. The van der Waals surface area contributed by atoms with Gasteiger partial charge in [-0.3, -0.25) is 0 Å². The summed E-state index contributed by atoms with van der Waals surface area (Å²) in [6.07, 6.45) is 0. The molecule has 0 fully saturated rings. The lowest BCUT2D eigenvalue weighted by atomic mass is 10.0. The summed E-state index contributed by atoms with van der Waals surface area (Å²) in [5.41, 5.74) is 13.0. The third-order valence-corrected chi connectivity index (χ3v) is 13.8. The number of hydrogen-bond donors (Lipinski definition) is 0. The number of benzene rings is 10. The van der Waals surface area contributed by atoms with E-state index in [9.17, 15) is 0 Å². The Labute approximate surface area is 401 Å². The summed E-state index contributed by atoms with van der Waals surface area (Å²) in [4.78, 5) is 15.6. The van der Waals surface area contributed by atoms with Gasteiger partial charge in [-0.2, -0.15) is 0 Å². The largest absolute Gasteiger partial charge is 0.309 e. The molecule has 6 nitrogen and oxygen atoms in total. The number of fused-ring (bicyclic) bond motifs is 9. The van der Waals surface area contributed by atoms with Crippen molar-refractivity contribution in [1.29, 1.82) is 0 Å². The lowest BCUT2D eigenvalue weighted by Gasteiger charge is -2.17. The third kappa shape index (κ3) is 6.22. The molecule has 0 saturated carbocycles. The SMILES string of the molecule is Fc1ccccc1-c1ccc(-c2nc(-c3ccccc3)nc(-c3ccccc3)n2)c(-n2c3cc(-n4c5ccccc5c5ccccc54)ccc3c3ccc(-n4c5ccccc5c5ccccc54)cc32)c1. The van der Waals surface area contributed by atoms with Gasteiger partial charge in [0.25, 0.3) is 0 Å². The second kappa shape index (κ2) is 15.8. The van der Waals surface area contributed by atoms with Crippen LogP contribution in [0.25, 0.3) is 128 Å². The van der Waals surface area contributed by atoms with E-state index in [0.717, 1.165) is 83.2 Å². The van der Waals surface area contributed by atoms with E-state index in [0.29, 0.717) is 23.0 Å². The van der Waals surface area contributed by atoms with Gasteiger partial charge in [0.15, 0.2) is 17.5 Å². The molecule has 4 heterocycles. The van der Waals surface area contributed by atoms with Gasteiger partial charge in [0, 0.05) is 65.9 Å². The van der Waals surface area contributed by atoms with Gasteiger partial charge in [0.05, 0.1) is 38.8 Å². The van der Waals surface area contributed by atoms with Gasteiger partial charge in [-0.05, 0) is 72.3 Å². The molecule has 70 heavy (non-hydrogen) atoms. The van der Waals surface area contributed by atoms with Crippen molar-refractivity contribution in [3.63, 3.8) is 0 Å². The summed E-state index contributed by atoms with van der Waals surface area (Å²) in [6, 6.07) is 81.1. The molecule has 10 aromatic carbocycles. The minimum Gasteiger partial charge on any atom is -0.309 e. The molecule has 14 aromatic rings. The van der Waals surface area contributed by atoms with Crippen molar-refractivity contribution in [3.05, 3.63) is 242 Å². The van der Waals surface area contributed by atoms with Crippen LogP contribution in [0.2, 0.25) is 0 Å². The molecule has 7 heteroatoms. The van der Waals surface area contributed by atoms with Crippen LogP contribution in [-0.2, 0) is 0 Å². The molecule has 0 unspecified atom stereocenters. The molecule has 0 radical (unpaired) electrons. The van der Waals surface area contributed by atoms with Gasteiger partial charge in [-0.1, -0.05) is 170 Å². The van der Waals surface area contributed by atoms with Crippen LogP contribution in [0.5, 0.6) is 0 Å². The van der Waals surface area contributed by atoms with Gasteiger partial charge in [-0.25, -0.2) is 19.3 Å². The number of halogens is 1. The van der Waals surface area contributed by atoms with Crippen molar-refractivity contribution in [1.82, 2.24) is 28.7 Å². The van der Waals surface area contributed by atoms with Crippen LogP contribution in [0.15, 0.2) is 237 Å².